The molecular weight excluding hydrogens is 396 g/mol. The minimum Gasteiger partial charge on any atom is -0.330 e. The fourth-order valence-corrected chi connectivity index (χ4v) is 3.56. The van der Waals surface area contributed by atoms with Gasteiger partial charge in [-0.25, -0.2) is 0 Å². The molecule has 0 unspecified atom stereocenters. The van der Waals surface area contributed by atoms with Crippen molar-refractivity contribution < 1.29 is 4.79 Å². The molecule has 1 saturated carbocycles. The number of benzene rings is 1. The summed E-state index contributed by atoms with van der Waals surface area (Å²) in [6.45, 7) is 0.564. The van der Waals surface area contributed by atoms with Gasteiger partial charge in [0.15, 0.2) is 0 Å². The van der Waals surface area contributed by atoms with Crippen LogP contribution in [0.15, 0.2) is 51.5 Å². The molecule has 0 atom stereocenters. The van der Waals surface area contributed by atoms with Crippen molar-refractivity contribution in [2.75, 3.05) is 0 Å². The van der Waals surface area contributed by atoms with E-state index in [0.29, 0.717) is 18.2 Å². The van der Waals surface area contributed by atoms with Crippen LogP contribution in [0.2, 0.25) is 0 Å². The molecule has 1 aromatic carbocycles. The molecular formula is C16H14Br2N2O. The van der Waals surface area contributed by atoms with Gasteiger partial charge in [0.1, 0.15) is 0 Å². The number of hydrogen-bond acceptors (Lipinski definition) is 2. The van der Waals surface area contributed by atoms with E-state index in [9.17, 15) is 4.79 Å². The number of aromatic nitrogens is 1. The van der Waals surface area contributed by atoms with Crippen LogP contribution in [0.5, 0.6) is 0 Å². The van der Waals surface area contributed by atoms with Crippen molar-refractivity contribution in [1.29, 1.82) is 0 Å². The summed E-state index contributed by atoms with van der Waals surface area (Å²) in [4.78, 5) is 19.0. The number of carbonyl (C=O) groups excluding carboxylic acids is 1. The van der Waals surface area contributed by atoms with Crippen LogP contribution < -0.4 is 0 Å². The summed E-state index contributed by atoms with van der Waals surface area (Å²) >= 11 is 6.87. The zero-order valence-electron chi connectivity index (χ0n) is 11.3. The fourth-order valence-electron chi connectivity index (χ4n) is 2.26. The monoisotopic (exact) mass is 408 g/mol. The Hall–Kier alpha value is -1.20. The van der Waals surface area contributed by atoms with E-state index >= 15 is 0 Å². The molecule has 0 spiro atoms. The predicted molar refractivity (Wildman–Crippen MR) is 89.0 cm³/mol. The highest BCUT2D eigenvalue weighted by atomic mass is 79.9. The molecule has 1 aliphatic rings. The Morgan fingerprint density at radius 3 is 2.48 bits per heavy atom. The van der Waals surface area contributed by atoms with Crippen LogP contribution in [0.3, 0.4) is 0 Å². The highest BCUT2D eigenvalue weighted by Crippen LogP contribution is 2.30. The van der Waals surface area contributed by atoms with Gasteiger partial charge < -0.3 is 4.90 Å². The van der Waals surface area contributed by atoms with Gasteiger partial charge >= 0.3 is 0 Å². The maximum atomic E-state index is 12.8. The van der Waals surface area contributed by atoms with E-state index < -0.39 is 0 Å². The molecule has 0 bridgehead atoms. The average Bonchev–Trinajstić information content (AvgIpc) is 3.29. The van der Waals surface area contributed by atoms with Crippen molar-refractivity contribution in [3.05, 3.63) is 62.8 Å². The van der Waals surface area contributed by atoms with Crippen LogP contribution in [0.1, 0.15) is 28.9 Å². The molecule has 0 aliphatic heterocycles. The molecule has 3 rings (SSSR count). The lowest BCUT2D eigenvalue weighted by Crippen LogP contribution is -2.32. The number of hydrogen-bond donors (Lipinski definition) is 0. The van der Waals surface area contributed by atoms with Crippen LogP contribution in [0, 0.1) is 0 Å². The van der Waals surface area contributed by atoms with Crippen molar-refractivity contribution in [1.82, 2.24) is 9.88 Å². The second-order valence-electron chi connectivity index (χ2n) is 5.14. The zero-order chi connectivity index (χ0) is 14.8. The second kappa shape index (κ2) is 6.28. The molecule has 0 radical (unpaired) electrons. The van der Waals surface area contributed by atoms with Crippen LogP contribution in [0.4, 0.5) is 0 Å². The van der Waals surface area contributed by atoms with E-state index in [4.69, 9.17) is 0 Å². The summed E-state index contributed by atoms with van der Waals surface area (Å²) in [6.07, 6.45) is 3.92. The third-order valence-corrected chi connectivity index (χ3v) is 4.33. The topological polar surface area (TPSA) is 33.2 Å². The first-order valence-electron chi connectivity index (χ1n) is 6.80. The lowest BCUT2D eigenvalue weighted by Gasteiger charge is -2.22. The first kappa shape index (κ1) is 14.7. The lowest BCUT2D eigenvalue weighted by atomic mass is 10.2. The third kappa shape index (κ3) is 3.71. The van der Waals surface area contributed by atoms with Gasteiger partial charge in [0.25, 0.3) is 5.91 Å². The van der Waals surface area contributed by atoms with Gasteiger partial charge in [0, 0.05) is 26.7 Å². The van der Waals surface area contributed by atoms with Crippen LogP contribution in [-0.4, -0.2) is 21.8 Å². The molecule has 0 N–H and O–H groups in total. The maximum Gasteiger partial charge on any atom is 0.254 e. The molecule has 21 heavy (non-hydrogen) atoms. The molecule has 0 saturated heterocycles. The quantitative estimate of drug-likeness (QED) is 0.749. The normalized spacial score (nSPS) is 14.0. The standard InChI is InChI=1S/C16H14Br2N2O/c17-12-7-11(8-13(18)9-12)16(21)20(15-4-5-15)10-14-3-1-2-6-19-14/h1-3,6-9,15H,4-5,10H2. The number of halogens is 2. The summed E-state index contributed by atoms with van der Waals surface area (Å²) in [6, 6.07) is 11.8. The number of carbonyl (C=O) groups is 1. The summed E-state index contributed by atoms with van der Waals surface area (Å²) < 4.78 is 1.79. The van der Waals surface area contributed by atoms with E-state index in [0.717, 1.165) is 27.5 Å². The van der Waals surface area contributed by atoms with Crippen molar-refractivity contribution in [3.63, 3.8) is 0 Å². The Bertz CT molecular complexity index is 636. The van der Waals surface area contributed by atoms with Gasteiger partial charge in [0.2, 0.25) is 0 Å². The number of nitrogens with zero attached hydrogens (tertiary/aromatic N) is 2. The smallest absolute Gasteiger partial charge is 0.254 e. The predicted octanol–water partition coefficient (Wildman–Crippen LogP) is 4.41. The number of pyridine rings is 1. The van der Waals surface area contributed by atoms with Crippen molar-refractivity contribution in [2.45, 2.75) is 25.4 Å². The van der Waals surface area contributed by atoms with E-state index in [1.807, 2.05) is 41.3 Å². The van der Waals surface area contributed by atoms with Crippen LogP contribution in [0.25, 0.3) is 0 Å². The summed E-state index contributed by atoms with van der Waals surface area (Å²) in [5.41, 5.74) is 1.62. The SMILES string of the molecule is O=C(c1cc(Br)cc(Br)c1)N(Cc1ccccn1)C1CC1. The van der Waals surface area contributed by atoms with E-state index in [1.54, 1.807) is 6.20 Å². The highest BCUT2D eigenvalue weighted by Gasteiger charge is 2.33. The van der Waals surface area contributed by atoms with Crippen LogP contribution in [-0.2, 0) is 6.54 Å². The molecule has 2 aromatic rings. The van der Waals surface area contributed by atoms with Crippen molar-refractivity contribution >= 4 is 37.8 Å². The number of amides is 1. The summed E-state index contributed by atoms with van der Waals surface area (Å²) in [5, 5.41) is 0. The van der Waals surface area contributed by atoms with Gasteiger partial charge in [-0.15, -0.1) is 0 Å². The minimum absolute atomic E-state index is 0.0603. The van der Waals surface area contributed by atoms with Gasteiger partial charge in [-0.2, -0.15) is 0 Å². The Morgan fingerprint density at radius 1 is 1.19 bits per heavy atom. The Kier molecular flexibility index (Phi) is 4.40. The highest BCUT2D eigenvalue weighted by molar-refractivity contribution is 9.11. The zero-order valence-corrected chi connectivity index (χ0v) is 14.5. The Morgan fingerprint density at radius 2 is 1.90 bits per heavy atom. The lowest BCUT2D eigenvalue weighted by molar-refractivity contribution is 0.0727. The first-order valence-corrected chi connectivity index (χ1v) is 8.39. The van der Waals surface area contributed by atoms with Gasteiger partial charge in [-0.1, -0.05) is 37.9 Å². The molecule has 1 aliphatic carbocycles. The third-order valence-electron chi connectivity index (χ3n) is 3.42. The largest absolute Gasteiger partial charge is 0.330 e. The molecule has 1 amide bonds. The first-order chi connectivity index (χ1) is 10.1. The fraction of sp³-hybridized carbons (Fsp3) is 0.250. The van der Waals surface area contributed by atoms with Crippen molar-refractivity contribution in [2.24, 2.45) is 0 Å². The molecule has 1 aromatic heterocycles. The van der Waals surface area contributed by atoms with Gasteiger partial charge in [0.05, 0.1) is 12.2 Å². The molecule has 5 heteroatoms. The van der Waals surface area contributed by atoms with E-state index in [1.165, 1.54) is 0 Å². The number of rotatable bonds is 4. The van der Waals surface area contributed by atoms with Gasteiger partial charge in [-0.05, 0) is 43.2 Å². The van der Waals surface area contributed by atoms with Crippen molar-refractivity contribution in [3.8, 4) is 0 Å². The Balaban J connectivity index is 1.85. The minimum atomic E-state index is 0.0603. The molecule has 1 heterocycles. The molecule has 108 valence electrons. The molecule has 1 fully saturated rings. The summed E-state index contributed by atoms with van der Waals surface area (Å²) in [5.74, 6) is 0.0603. The second-order valence-corrected chi connectivity index (χ2v) is 6.97. The Labute approximate surface area is 140 Å². The maximum absolute atomic E-state index is 12.8. The average molecular weight is 410 g/mol. The van der Waals surface area contributed by atoms with Gasteiger partial charge in [-0.3, -0.25) is 9.78 Å². The van der Waals surface area contributed by atoms with E-state index in [2.05, 4.69) is 36.8 Å². The summed E-state index contributed by atoms with van der Waals surface area (Å²) in [7, 11) is 0. The van der Waals surface area contributed by atoms with E-state index in [-0.39, 0.29) is 5.91 Å². The molecule has 3 nitrogen and oxygen atoms in total. The van der Waals surface area contributed by atoms with Crippen LogP contribution >= 0.6 is 31.9 Å².